The second-order valence-electron chi connectivity index (χ2n) is 15.1. The average Bonchev–Trinajstić information content (AvgIpc) is 3.72. The normalized spacial score (nSPS) is 23.2. The van der Waals surface area contributed by atoms with E-state index in [1.807, 2.05) is 24.3 Å². The molecule has 0 spiro atoms. The lowest BCUT2D eigenvalue weighted by Gasteiger charge is -2.38. The van der Waals surface area contributed by atoms with Crippen LogP contribution in [-0.4, -0.2) is 83.6 Å². The molecule has 0 aromatic heterocycles. The summed E-state index contributed by atoms with van der Waals surface area (Å²) in [5.41, 5.74) is 6.05. The van der Waals surface area contributed by atoms with Gasteiger partial charge in [-0.1, -0.05) is 17.7 Å². The number of nitrogens with one attached hydrogen (secondary N) is 2. The number of rotatable bonds is 7. The molecule has 1 unspecified atom stereocenters. The van der Waals surface area contributed by atoms with Gasteiger partial charge in [0, 0.05) is 74.7 Å². The molecule has 3 fully saturated rings. The zero-order valence-corrected chi connectivity index (χ0v) is 30.9. The van der Waals surface area contributed by atoms with Crippen molar-refractivity contribution in [1.29, 1.82) is 5.26 Å². The number of imide groups is 2. The van der Waals surface area contributed by atoms with E-state index in [1.54, 1.807) is 18.2 Å². The minimum Gasteiger partial charge on any atom is -0.372 e. The number of carbonyl (C=O) groups excluding carboxylic acids is 5. The summed E-state index contributed by atoms with van der Waals surface area (Å²) in [6.07, 6.45) is 5.77. The first kappa shape index (κ1) is 35.8. The molecule has 0 bridgehead atoms. The molecule has 4 heterocycles. The summed E-state index contributed by atoms with van der Waals surface area (Å²) in [4.78, 5) is 71.9. The summed E-state index contributed by atoms with van der Waals surface area (Å²) in [6.45, 7) is 3.23. The topological polar surface area (TPSA) is 146 Å². The Morgan fingerprint density at radius 1 is 0.870 bits per heavy atom. The van der Waals surface area contributed by atoms with E-state index in [0.717, 1.165) is 81.0 Å². The average molecular weight is 748 g/mol. The number of piperidine rings is 2. The maximum Gasteiger partial charge on any atom is 0.262 e. The second-order valence-corrected chi connectivity index (χ2v) is 15.6. The molecule has 12 nitrogen and oxygen atoms in total. The van der Waals surface area contributed by atoms with Gasteiger partial charge in [0.2, 0.25) is 11.8 Å². The first-order chi connectivity index (χ1) is 26.1. The van der Waals surface area contributed by atoms with E-state index >= 15 is 0 Å². The fraction of sp³-hybridized carbons (Fsp3) is 0.415. The van der Waals surface area contributed by atoms with Gasteiger partial charge in [0.1, 0.15) is 12.1 Å². The Balaban J connectivity index is 0.825. The predicted octanol–water partition coefficient (Wildman–Crippen LogP) is 4.77. The van der Waals surface area contributed by atoms with Crippen molar-refractivity contribution in [3.8, 4) is 6.07 Å². The molecule has 1 atom stereocenters. The Morgan fingerprint density at radius 3 is 2.33 bits per heavy atom. The molecule has 5 aliphatic rings. The van der Waals surface area contributed by atoms with Crippen LogP contribution >= 0.6 is 11.6 Å². The number of hydrogen-bond donors (Lipinski definition) is 2. The third-order valence-electron chi connectivity index (χ3n) is 12.0. The molecule has 4 aliphatic heterocycles. The maximum atomic E-state index is 13.4. The second kappa shape index (κ2) is 14.5. The summed E-state index contributed by atoms with van der Waals surface area (Å²) in [5, 5.41) is 15.2. The number of halogens is 1. The molecule has 3 aromatic carbocycles. The Kier molecular flexibility index (Phi) is 9.62. The van der Waals surface area contributed by atoms with Gasteiger partial charge in [-0.15, -0.1) is 0 Å². The molecule has 8 rings (SSSR count). The van der Waals surface area contributed by atoms with E-state index in [0.29, 0.717) is 33.8 Å². The van der Waals surface area contributed by atoms with Crippen molar-refractivity contribution in [2.75, 3.05) is 29.9 Å². The third kappa shape index (κ3) is 6.71. The molecule has 2 N–H and O–H groups in total. The molecule has 2 saturated heterocycles. The number of hydrogen-bond acceptors (Lipinski definition) is 9. The smallest absolute Gasteiger partial charge is 0.262 e. The standard InChI is InChI=1S/C41H42ClN7O5/c1-46(31-7-4-25(21-43)35(42)20-31)29-8-5-28(6-9-29)44-38(51)24-2-3-26-22-48(23-27(26)18-24)30-14-16-47(17-15-30)32-10-11-33-34(19-32)41(54)49(40(33)53)36-12-13-37(50)45-39(36)52/h2-4,7,10-11,18-20,28-30,36H,5-6,8-9,12-17,22-23H2,1H3,(H,44,51)(H,45,50,52). The van der Waals surface area contributed by atoms with Gasteiger partial charge in [0.25, 0.3) is 17.7 Å². The minimum atomic E-state index is -0.981. The van der Waals surface area contributed by atoms with Gasteiger partial charge in [-0.25, -0.2) is 0 Å². The zero-order valence-electron chi connectivity index (χ0n) is 30.1. The number of benzene rings is 3. The highest BCUT2D eigenvalue weighted by molar-refractivity contribution is 6.32. The highest BCUT2D eigenvalue weighted by atomic mass is 35.5. The van der Waals surface area contributed by atoms with Gasteiger partial charge in [-0.05, 0) is 105 Å². The van der Waals surface area contributed by atoms with Crippen molar-refractivity contribution in [3.05, 3.63) is 93.0 Å². The van der Waals surface area contributed by atoms with Gasteiger partial charge in [-0.3, -0.25) is 39.1 Å². The Hall–Kier alpha value is -5.25. The van der Waals surface area contributed by atoms with Gasteiger partial charge >= 0.3 is 0 Å². The highest BCUT2D eigenvalue weighted by Gasteiger charge is 2.45. The lowest BCUT2D eigenvalue weighted by Crippen LogP contribution is -2.54. The van der Waals surface area contributed by atoms with Crippen LogP contribution in [0.5, 0.6) is 0 Å². The first-order valence-electron chi connectivity index (χ1n) is 18.8. The Labute approximate surface area is 319 Å². The molecule has 5 amide bonds. The van der Waals surface area contributed by atoms with Crippen molar-refractivity contribution < 1.29 is 24.0 Å². The summed E-state index contributed by atoms with van der Waals surface area (Å²) in [5.74, 6) is -2.03. The van der Waals surface area contributed by atoms with Gasteiger partial charge < -0.3 is 15.1 Å². The summed E-state index contributed by atoms with van der Waals surface area (Å²) in [6, 6.07) is 18.9. The minimum absolute atomic E-state index is 0.0324. The van der Waals surface area contributed by atoms with E-state index in [1.165, 1.54) is 11.1 Å². The summed E-state index contributed by atoms with van der Waals surface area (Å²) in [7, 11) is 2.06. The fourth-order valence-corrected chi connectivity index (χ4v) is 9.08. The van der Waals surface area contributed by atoms with Crippen molar-refractivity contribution in [1.82, 2.24) is 20.4 Å². The van der Waals surface area contributed by atoms with E-state index in [4.69, 9.17) is 11.6 Å². The molecule has 1 saturated carbocycles. The molecule has 3 aromatic rings. The van der Waals surface area contributed by atoms with Crippen LogP contribution in [0.25, 0.3) is 0 Å². The number of fused-ring (bicyclic) bond motifs is 2. The van der Waals surface area contributed by atoms with Crippen LogP contribution in [0.15, 0.2) is 54.6 Å². The van der Waals surface area contributed by atoms with Crippen molar-refractivity contribution >= 4 is 52.5 Å². The van der Waals surface area contributed by atoms with Crippen LogP contribution in [0.4, 0.5) is 11.4 Å². The molecule has 54 heavy (non-hydrogen) atoms. The van der Waals surface area contributed by atoms with E-state index < -0.39 is 29.7 Å². The van der Waals surface area contributed by atoms with E-state index in [-0.39, 0.29) is 30.4 Å². The number of amides is 5. The molecule has 1 aliphatic carbocycles. The monoisotopic (exact) mass is 747 g/mol. The van der Waals surface area contributed by atoms with Crippen LogP contribution in [0.2, 0.25) is 5.02 Å². The summed E-state index contributed by atoms with van der Waals surface area (Å²) >= 11 is 6.28. The van der Waals surface area contributed by atoms with Crippen molar-refractivity contribution in [2.45, 2.75) is 88.6 Å². The van der Waals surface area contributed by atoms with Crippen LogP contribution in [0.1, 0.15) is 99.1 Å². The zero-order chi connectivity index (χ0) is 37.7. The lowest BCUT2D eigenvalue weighted by molar-refractivity contribution is -0.136. The van der Waals surface area contributed by atoms with Crippen LogP contribution in [0.3, 0.4) is 0 Å². The van der Waals surface area contributed by atoms with Crippen LogP contribution in [0, 0.1) is 11.3 Å². The molecule has 13 heteroatoms. The summed E-state index contributed by atoms with van der Waals surface area (Å²) < 4.78 is 0. The quantitative estimate of drug-likeness (QED) is 0.327. The molecule has 278 valence electrons. The number of anilines is 2. The third-order valence-corrected chi connectivity index (χ3v) is 12.4. The van der Waals surface area contributed by atoms with Crippen LogP contribution in [-0.2, 0) is 22.7 Å². The predicted molar refractivity (Wildman–Crippen MR) is 202 cm³/mol. The Morgan fingerprint density at radius 2 is 1.61 bits per heavy atom. The van der Waals surface area contributed by atoms with Crippen molar-refractivity contribution in [2.24, 2.45) is 0 Å². The fourth-order valence-electron chi connectivity index (χ4n) is 8.87. The number of carbonyl (C=O) groups is 5. The maximum absolute atomic E-state index is 13.4. The first-order valence-corrected chi connectivity index (χ1v) is 19.2. The van der Waals surface area contributed by atoms with E-state index in [9.17, 15) is 29.2 Å². The lowest BCUT2D eigenvalue weighted by atomic mass is 9.89. The van der Waals surface area contributed by atoms with Crippen LogP contribution < -0.4 is 20.4 Å². The van der Waals surface area contributed by atoms with Gasteiger partial charge in [-0.2, -0.15) is 5.26 Å². The van der Waals surface area contributed by atoms with Gasteiger partial charge in [0.15, 0.2) is 0 Å². The molecular weight excluding hydrogens is 706 g/mol. The van der Waals surface area contributed by atoms with Crippen molar-refractivity contribution in [3.63, 3.8) is 0 Å². The number of nitriles is 1. The SMILES string of the molecule is CN(c1ccc(C#N)c(Cl)c1)C1CCC(NC(=O)c2ccc3c(c2)CN(C2CCN(c4ccc5c(c4)C(=O)N(C4CCC(=O)NC4=O)C5=O)CC2)C3)CC1. The highest BCUT2D eigenvalue weighted by Crippen LogP contribution is 2.35. The Bertz CT molecular complexity index is 2100. The molecule has 0 radical (unpaired) electrons. The number of nitrogens with zero attached hydrogens (tertiary/aromatic N) is 5. The van der Waals surface area contributed by atoms with E-state index in [2.05, 4.69) is 50.6 Å². The van der Waals surface area contributed by atoms with Gasteiger partial charge in [0.05, 0.1) is 21.7 Å². The molecular formula is C41H42ClN7O5. The largest absolute Gasteiger partial charge is 0.372 e.